The van der Waals surface area contributed by atoms with Crippen LogP contribution in [0.5, 0.6) is 17.2 Å². The lowest BCUT2D eigenvalue weighted by molar-refractivity contribution is -0.140. The van der Waals surface area contributed by atoms with Gasteiger partial charge in [0.05, 0.1) is 43.0 Å². The van der Waals surface area contributed by atoms with Gasteiger partial charge in [-0.05, 0) is 36.2 Å². The first-order valence-corrected chi connectivity index (χ1v) is 12.2. The van der Waals surface area contributed by atoms with Gasteiger partial charge in [0.25, 0.3) is 11.7 Å². The number of methoxy groups -OCH3 is 2. The molecule has 3 aromatic rings. The number of Topliss-reactive ketones (excluding diaryl/α,β-unsaturated/α-hetero) is 1. The van der Waals surface area contributed by atoms with Gasteiger partial charge in [0.1, 0.15) is 16.5 Å². The van der Waals surface area contributed by atoms with Crippen molar-refractivity contribution in [3.05, 3.63) is 93.0 Å². The Kier molecular flexibility index (Phi) is 7.95. The van der Waals surface area contributed by atoms with Crippen molar-refractivity contribution < 1.29 is 28.9 Å². The second-order valence-corrected chi connectivity index (χ2v) is 8.99. The lowest BCUT2D eigenvalue weighted by Gasteiger charge is -2.26. The second-order valence-electron chi connectivity index (χ2n) is 8.20. The fraction of sp³-hybridized carbons (Fsp3) is 0.214. The van der Waals surface area contributed by atoms with Crippen molar-refractivity contribution in [2.75, 3.05) is 20.8 Å². The van der Waals surface area contributed by atoms with Gasteiger partial charge in [0.2, 0.25) is 0 Å². The zero-order valence-electron chi connectivity index (χ0n) is 20.5. The number of rotatable bonds is 8. The summed E-state index contributed by atoms with van der Waals surface area (Å²) < 4.78 is 16.2. The molecule has 37 heavy (non-hydrogen) atoms. The third kappa shape index (κ3) is 4.97. The molecule has 0 aromatic heterocycles. The van der Waals surface area contributed by atoms with E-state index in [1.807, 2.05) is 25.1 Å². The molecule has 0 saturated carbocycles. The fourth-order valence-corrected chi connectivity index (χ4v) is 5.06. The van der Waals surface area contributed by atoms with Gasteiger partial charge in [0, 0.05) is 6.54 Å². The van der Waals surface area contributed by atoms with E-state index >= 15 is 0 Å². The molecule has 1 saturated heterocycles. The number of ether oxygens (including phenoxy) is 3. The Balaban J connectivity index is 1.87. The largest absolute Gasteiger partial charge is 0.507 e. The van der Waals surface area contributed by atoms with Gasteiger partial charge >= 0.3 is 0 Å². The monoisotopic (exact) mass is 541 g/mol. The molecule has 192 valence electrons. The number of carbonyl (C=O) groups is 2. The number of hydrogen-bond donors (Lipinski definition) is 1. The number of nitrogens with zero attached hydrogens (tertiary/aromatic N) is 1. The molecule has 0 spiro atoms. The number of aliphatic hydroxyl groups is 1. The SMILES string of the molecule is CCOc1ccc(CN2C(=O)C(=O)/C(=C(/O)c3cc(Cl)c(OC)c(Cl)c3OC)C2c2ccccc2)cc1. The summed E-state index contributed by atoms with van der Waals surface area (Å²) in [6, 6.07) is 16.8. The first-order chi connectivity index (χ1) is 17.8. The molecule has 1 heterocycles. The maximum atomic E-state index is 13.4. The summed E-state index contributed by atoms with van der Waals surface area (Å²) in [5.74, 6) is -1.11. The summed E-state index contributed by atoms with van der Waals surface area (Å²) in [6.45, 7) is 2.56. The van der Waals surface area contributed by atoms with Crippen molar-refractivity contribution in [2.24, 2.45) is 0 Å². The van der Waals surface area contributed by atoms with Crippen LogP contribution >= 0.6 is 23.2 Å². The molecule has 0 radical (unpaired) electrons. The second kappa shape index (κ2) is 11.2. The lowest BCUT2D eigenvalue weighted by atomic mass is 9.94. The van der Waals surface area contributed by atoms with Crippen LogP contribution in [0.2, 0.25) is 10.0 Å². The van der Waals surface area contributed by atoms with Gasteiger partial charge in [-0.1, -0.05) is 65.7 Å². The van der Waals surface area contributed by atoms with Gasteiger partial charge in [-0.3, -0.25) is 9.59 Å². The minimum Gasteiger partial charge on any atom is -0.507 e. The average Bonchev–Trinajstić information content (AvgIpc) is 3.15. The van der Waals surface area contributed by atoms with Crippen LogP contribution in [0.15, 0.2) is 66.2 Å². The summed E-state index contributed by atoms with van der Waals surface area (Å²) >= 11 is 12.8. The fourth-order valence-electron chi connectivity index (χ4n) is 4.37. The number of carbonyl (C=O) groups excluding carboxylic acids is 2. The number of likely N-dealkylation sites (tertiary alicyclic amines) is 1. The Morgan fingerprint density at radius 1 is 0.973 bits per heavy atom. The van der Waals surface area contributed by atoms with E-state index in [4.69, 9.17) is 37.4 Å². The highest BCUT2D eigenvalue weighted by Crippen LogP contribution is 2.47. The zero-order valence-corrected chi connectivity index (χ0v) is 22.0. The van der Waals surface area contributed by atoms with E-state index in [0.29, 0.717) is 17.9 Å². The van der Waals surface area contributed by atoms with E-state index in [-0.39, 0.29) is 39.2 Å². The van der Waals surface area contributed by atoms with Crippen LogP contribution in [0.4, 0.5) is 0 Å². The number of hydrogen-bond acceptors (Lipinski definition) is 6. The maximum absolute atomic E-state index is 13.4. The van der Waals surface area contributed by atoms with Gasteiger partial charge in [0.15, 0.2) is 11.5 Å². The van der Waals surface area contributed by atoms with Gasteiger partial charge in [-0.2, -0.15) is 0 Å². The van der Waals surface area contributed by atoms with Crippen molar-refractivity contribution in [2.45, 2.75) is 19.5 Å². The Morgan fingerprint density at radius 2 is 1.62 bits per heavy atom. The van der Waals surface area contributed by atoms with E-state index in [2.05, 4.69) is 0 Å². The van der Waals surface area contributed by atoms with E-state index in [1.54, 1.807) is 36.4 Å². The van der Waals surface area contributed by atoms with Gasteiger partial charge < -0.3 is 24.2 Å². The molecule has 1 unspecified atom stereocenters. The molecule has 1 atom stereocenters. The normalized spacial score (nSPS) is 16.7. The molecular weight excluding hydrogens is 517 g/mol. The number of halogens is 2. The predicted octanol–water partition coefficient (Wildman–Crippen LogP) is 6.03. The van der Waals surface area contributed by atoms with Crippen molar-refractivity contribution >= 4 is 40.7 Å². The molecule has 0 bridgehead atoms. The van der Waals surface area contributed by atoms with Crippen LogP contribution in [0, 0.1) is 0 Å². The van der Waals surface area contributed by atoms with Crippen LogP contribution in [-0.4, -0.2) is 42.5 Å². The number of benzene rings is 3. The van der Waals surface area contributed by atoms with Crippen molar-refractivity contribution in [3.63, 3.8) is 0 Å². The molecule has 1 N–H and O–H groups in total. The quantitative estimate of drug-likeness (QED) is 0.213. The number of amides is 1. The number of aliphatic hydroxyl groups excluding tert-OH is 1. The van der Waals surface area contributed by atoms with E-state index in [0.717, 1.165) is 5.56 Å². The Morgan fingerprint density at radius 3 is 2.22 bits per heavy atom. The smallest absolute Gasteiger partial charge is 0.295 e. The van der Waals surface area contributed by atoms with Gasteiger partial charge in [-0.25, -0.2) is 0 Å². The third-order valence-corrected chi connectivity index (χ3v) is 6.66. The molecule has 4 rings (SSSR count). The van der Waals surface area contributed by atoms with Crippen LogP contribution in [0.3, 0.4) is 0 Å². The van der Waals surface area contributed by atoms with E-state index < -0.39 is 23.5 Å². The van der Waals surface area contributed by atoms with Crippen LogP contribution in [-0.2, 0) is 16.1 Å². The maximum Gasteiger partial charge on any atom is 0.295 e. The molecule has 1 amide bonds. The predicted molar refractivity (Wildman–Crippen MR) is 141 cm³/mol. The van der Waals surface area contributed by atoms with Crippen LogP contribution in [0.1, 0.15) is 29.7 Å². The number of ketones is 1. The van der Waals surface area contributed by atoms with E-state index in [1.165, 1.54) is 25.2 Å². The summed E-state index contributed by atoms with van der Waals surface area (Å²) in [4.78, 5) is 28.1. The van der Waals surface area contributed by atoms with Crippen molar-refractivity contribution in [3.8, 4) is 17.2 Å². The Labute approximate surface area is 224 Å². The van der Waals surface area contributed by atoms with Crippen molar-refractivity contribution in [1.29, 1.82) is 0 Å². The van der Waals surface area contributed by atoms with E-state index in [9.17, 15) is 14.7 Å². The molecule has 3 aromatic carbocycles. The summed E-state index contributed by atoms with van der Waals surface area (Å²) in [5.41, 5.74) is 1.41. The summed E-state index contributed by atoms with van der Waals surface area (Å²) in [7, 11) is 2.76. The molecule has 1 aliphatic heterocycles. The molecule has 1 fully saturated rings. The minimum absolute atomic E-state index is 0.0268. The molecule has 1 aliphatic rings. The van der Waals surface area contributed by atoms with Gasteiger partial charge in [-0.15, -0.1) is 0 Å². The highest BCUT2D eigenvalue weighted by molar-refractivity contribution is 6.47. The third-order valence-electron chi connectivity index (χ3n) is 6.04. The lowest BCUT2D eigenvalue weighted by Crippen LogP contribution is -2.29. The first-order valence-electron chi connectivity index (χ1n) is 11.5. The summed E-state index contributed by atoms with van der Waals surface area (Å²) in [5, 5.41) is 11.6. The Bertz CT molecular complexity index is 1360. The molecular formula is C28H25Cl2NO6. The highest BCUT2D eigenvalue weighted by atomic mass is 35.5. The van der Waals surface area contributed by atoms with Crippen molar-refractivity contribution in [1.82, 2.24) is 4.90 Å². The highest BCUT2D eigenvalue weighted by Gasteiger charge is 2.46. The Hall–Kier alpha value is -3.68. The zero-order chi connectivity index (χ0) is 26.7. The topological polar surface area (TPSA) is 85.3 Å². The average molecular weight is 542 g/mol. The van der Waals surface area contributed by atoms with Crippen LogP contribution in [0.25, 0.3) is 5.76 Å². The molecule has 9 heteroatoms. The minimum atomic E-state index is -0.864. The molecule has 7 nitrogen and oxygen atoms in total. The molecule has 0 aliphatic carbocycles. The standard InChI is InChI=1S/C28H25Cl2NO6/c1-4-37-18-12-10-16(11-13-18)15-31-23(17-8-6-5-7-9-17)21(25(33)28(31)34)24(32)19-14-20(29)27(36-3)22(30)26(19)35-2/h5-14,23,32H,4,15H2,1-3H3/b24-21+. The first kappa shape index (κ1) is 26.4. The van der Waals surface area contributed by atoms with Crippen LogP contribution < -0.4 is 14.2 Å². The summed E-state index contributed by atoms with van der Waals surface area (Å²) in [6.07, 6.45) is 0.